The van der Waals surface area contributed by atoms with Crippen LogP contribution in [0.1, 0.15) is 0 Å². The van der Waals surface area contributed by atoms with Gasteiger partial charge in [0, 0.05) is 6.08 Å². The van der Waals surface area contributed by atoms with Crippen LogP contribution < -0.4 is 4.74 Å². The first-order valence-electron chi connectivity index (χ1n) is 4.66. The van der Waals surface area contributed by atoms with E-state index in [0.717, 1.165) is 18.2 Å². The van der Waals surface area contributed by atoms with Gasteiger partial charge in [0.2, 0.25) is 0 Å². The molecule has 0 aliphatic heterocycles. The van der Waals surface area contributed by atoms with Gasteiger partial charge in [-0.3, -0.25) is 0 Å². The van der Waals surface area contributed by atoms with Crippen molar-refractivity contribution in [3.8, 4) is 5.75 Å². The maximum atomic E-state index is 10.5. The lowest BCUT2D eigenvalue weighted by atomic mass is 10.3. The molecule has 88 valence electrons. The van der Waals surface area contributed by atoms with Crippen LogP contribution in [-0.4, -0.2) is 22.2 Å². The summed E-state index contributed by atoms with van der Waals surface area (Å²) in [7, 11) is 0. The number of benzene rings is 1. The first-order chi connectivity index (χ1) is 8.08. The second-order valence-corrected chi connectivity index (χ2v) is 2.97. The highest BCUT2D eigenvalue weighted by molar-refractivity contribution is 5.83. The molecule has 1 aromatic rings. The van der Waals surface area contributed by atoms with E-state index in [2.05, 4.69) is 0 Å². The minimum atomic E-state index is -1.22. The zero-order valence-corrected chi connectivity index (χ0v) is 8.74. The van der Waals surface area contributed by atoms with Gasteiger partial charge in [-0.05, 0) is 18.2 Å². The Bertz CT molecular complexity index is 459. The SMILES string of the molecule is O=C(O)/C=C(/C=C/C(=O)O)Oc1ccccc1. The van der Waals surface area contributed by atoms with E-state index in [0.29, 0.717) is 5.75 Å². The molecule has 0 radical (unpaired) electrons. The highest BCUT2D eigenvalue weighted by Gasteiger charge is 2.01. The Morgan fingerprint density at radius 1 is 1.00 bits per heavy atom. The van der Waals surface area contributed by atoms with Crippen LogP contribution in [0.4, 0.5) is 0 Å². The quantitative estimate of drug-likeness (QED) is 0.460. The summed E-state index contributed by atoms with van der Waals surface area (Å²) < 4.78 is 5.21. The normalized spacial score (nSPS) is 11.4. The molecule has 0 saturated carbocycles. The molecule has 0 aliphatic rings. The lowest BCUT2D eigenvalue weighted by Gasteiger charge is -2.04. The molecule has 0 fully saturated rings. The van der Waals surface area contributed by atoms with Crippen LogP contribution in [0.15, 0.2) is 54.3 Å². The van der Waals surface area contributed by atoms with Crippen LogP contribution in [0.25, 0.3) is 0 Å². The van der Waals surface area contributed by atoms with Crippen molar-refractivity contribution in [2.75, 3.05) is 0 Å². The standard InChI is InChI=1S/C12H10O5/c13-11(14)7-6-10(8-12(15)16)17-9-4-2-1-3-5-9/h1-8H,(H,13,14)(H,15,16)/b7-6+,10-8-. The molecule has 0 amide bonds. The molecule has 0 atom stereocenters. The molecular formula is C12H10O5. The fourth-order valence-corrected chi connectivity index (χ4v) is 1.01. The Morgan fingerprint density at radius 3 is 2.18 bits per heavy atom. The zero-order valence-electron chi connectivity index (χ0n) is 8.74. The number of allylic oxidation sites excluding steroid dienone is 1. The minimum Gasteiger partial charge on any atom is -0.478 e. The van der Waals surface area contributed by atoms with Gasteiger partial charge in [0.25, 0.3) is 0 Å². The molecule has 1 rings (SSSR count). The van der Waals surface area contributed by atoms with Gasteiger partial charge in [0.05, 0.1) is 6.08 Å². The second-order valence-electron chi connectivity index (χ2n) is 2.97. The third-order valence-corrected chi connectivity index (χ3v) is 1.63. The van der Waals surface area contributed by atoms with Gasteiger partial charge in [-0.1, -0.05) is 18.2 Å². The summed E-state index contributed by atoms with van der Waals surface area (Å²) >= 11 is 0. The van der Waals surface area contributed by atoms with Crippen LogP contribution >= 0.6 is 0 Å². The number of ether oxygens (including phenoxy) is 1. The molecule has 0 saturated heterocycles. The third kappa shape index (κ3) is 5.17. The first kappa shape index (κ1) is 12.5. The van der Waals surface area contributed by atoms with E-state index in [4.69, 9.17) is 14.9 Å². The number of para-hydroxylation sites is 1. The molecule has 1 aromatic carbocycles. The molecule has 0 aliphatic carbocycles. The van der Waals surface area contributed by atoms with Gasteiger partial charge in [0.15, 0.2) is 0 Å². The van der Waals surface area contributed by atoms with E-state index in [9.17, 15) is 9.59 Å². The molecule has 5 heteroatoms. The number of carbonyl (C=O) groups is 2. The van der Waals surface area contributed by atoms with E-state index >= 15 is 0 Å². The van der Waals surface area contributed by atoms with Crippen molar-refractivity contribution >= 4 is 11.9 Å². The number of hydrogen-bond donors (Lipinski definition) is 2. The number of rotatable bonds is 5. The Labute approximate surface area is 97.3 Å². The molecular weight excluding hydrogens is 224 g/mol. The highest BCUT2D eigenvalue weighted by Crippen LogP contribution is 2.13. The van der Waals surface area contributed by atoms with Crippen LogP contribution in [0.3, 0.4) is 0 Å². The molecule has 0 bridgehead atoms. The molecule has 17 heavy (non-hydrogen) atoms. The van der Waals surface area contributed by atoms with Crippen LogP contribution in [0, 0.1) is 0 Å². The lowest BCUT2D eigenvalue weighted by Crippen LogP contribution is -1.99. The summed E-state index contributed by atoms with van der Waals surface area (Å²) in [6.45, 7) is 0. The summed E-state index contributed by atoms with van der Waals surface area (Å²) in [5.41, 5.74) is 0. The summed E-state index contributed by atoms with van der Waals surface area (Å²) in [5.74, 6) is -2.04. The Morgan fingerprint density at radius 2 is 1.65 bits per heavy atom. The Balaban J connectivity index is 2.85. The molecule has 0 unspecified atom stereocenters. The van der Waals surface area contributed by atoms with Crippen molar-refractivity contribution in [2.45, 2.75) is 0 Å². The molecule has 5 nitrogen and oxygen atoms in total. The monoisotopic (exact) mass is 234 g/mol. The molecule has 0 spiro atoms. The largest absolute Gasteiger partial charge is 0.478 e. The van der Waals surface area contributed by atoms with Crippen molar-refractivity contribution in [1.82, 2.24) is 0 Å². The van der Waals surface area contributed by atoms with Crippen LogP contribution in [-0.2, 0) is 9.59 Å². The molecule has 0 heterocycles. The molecule has 0 aromatic heterocycles. The summed E-state index contributed by atoms with van der Waals surface area (Å²) in [6.07, 6.45) is 2.66. The smallest absolute Gasteiger partial charge is 0.332 e. The maximum Gasteiger partial charge on any atom is 0.332 e. The third-order valence-electron chi connectivity index (χ3n) is 1.63. The van der Waals surface area contributed by atoms with Crippen molar-refractivity contribution in [2.24, 2.45) is 0 Å². The lowest BCUT2D eigenvalue weighted by molar-refractivity contribution is -0.132. The fourth-order valence-electron chi connectivity index (χ4n) is 1.01. The van der Waals surface area contributed by atoms with Gasteiger partial charge in [-0.25, -0.2) is 9.59 Å². The Hall–Kier alpha value is -2.56. The highest BCUT2D eigenvalue weighted by atomic mass is 16.5. The van der Waals surface area contributed by atoms with Gasteiger partial charge in [-0.15, -0.1) is 0 Å². The van der Waals surface area contributed by atoms with Gasteiger partial charge < -0.3 is 14.9 Å². The minimum absolute atomic E-state index is 0.0638. The van der Waals surface area contributed by atoms with E-state index in [-0.39, 0.29) is 5.76 Å². The number of carboxylic acids is 2. The maximum absolute atomic E-state index is 10.5. The second kappa shape index (κ2) is 6.12. The van der Waals surface area contributed by atoms with Gasteiger partial charge in [0.1, 0.15) is 11.5 Å². The summed E-state index contributed by atoms with van der Waals surface area (Å²) in [4.78, 5) is 20.8. The summed E-state index contributed by atoms with van der Waals surface area (Å²) in [5, 5.41) is 17.0. The number of aliphatic carboxylic acids is 2. The number of carboxylic acid groups (broad SMARTS) is 2. The van der Waals surface area contributed by atoms with E-state index < -0.39 is 11.9 Å². The average Bonchev–Trinajstić information content (AvgIpc) is 2.26. The van der Waals surface area contributed by atoms with Gasteiger partial charge in [-0.2, -0.15) is 0 Å². The zero-order chi connectivity index (χ0) is 12.7. The Kier molecular flexibility index (Phi) is 4.50. The van der Waals surface area contributed by atoms with Crippen molar-refractivity contribution in [1.29, 1.82) is 0 Å². The van der Waals surface area contributed by atoms with Crippen LogP contribution in [0.2, 0.25) is 0 Å². The fraction of sp³-hybridized carbons (Fsp3) is 0. The van der Waals surface area contributed by atoms with Crippen molar-refractivity contribution in [3.05, 3.63) is 54.3 Å². The van der Waals surface area contributed by atoms with E-state index in [1.807, 2.05) is 0 Å². The topological polar surface area (TPSA) is 83.8 Å². The van der Waals surface area contributed by atoms with Crippen molar-refractivity contribution in [3.63, 3.8) is 0 Å². The number of hydrogen-bond acceptors (Lipinski definition) is 3. The van der Waals surface area contributed by atoms with E-state index in [1.54, 1.807) is 30.3 Å². The van der Waals surface area contributed by atoms with E-state index in [1.165, 1.54) is 0 Å². The predicted molar refractivity (Wildman–Crippen MR) is 59.6 cm³/mol. The molecule has 2 N–H and O–H groups in total. The average molecular weight is 234 g/mol. The van der Waals surface area contributed by atoms with Crippen LogP contribution in [0.5, 0.6) is 5.75 Å². The van der Waals surface area contributed by atoms with Gasteiger partial charge >= 0.3 is 11.9 Å². The first-order valence-corrected chi connectivity index (χ1v) is 4.66. The van der Waals surface area contributed by atoms with Crippen molar-refractivity contribution < 1.29 is 24.5 Å². The predicted octanol–water partition coefficient (Wildman–Crippen LogP) is 1.67. The summed E-state index contributed by atoms with van der Waals surface area (Å²) in [6, 6.07) is 8.47.